The molecule has 0 radical (unpaired) electrons. The Hall–Kier alpha value is -2.48. The molecule has 0 aromatic heterocycles. The van der Waals surface area contributed by atoms with E-state index in [0.29, 0.717) is 31.3 Å². The van der Waals surface area contributed by atoms with Gasteiger partial charge in [0, 0.05) is 13.1 Å². The van der Waals surface area contributed by atoms with E-state index in [-0.39, 0.29) is 17.1 Å². The topological polar surface area (TPSA) is 94.2 Å². The third-order valence-corrected chi connectivity index (χ3v) is 4.32. The molecule has 0 unspecified atom stereocenters. The number of amides is 3. The molecule has 2 rings (SSSR count). The van der Waals surface area contributed by atoms with Gasteiger partial charge in [-0.2, -0.15) is 0 Å². The first kappa shape index (κ1) is 21.8. The Bertz CT molecular complexity index is 739. The Morgan fingerprint density at radius 2 is 2.04 bits per heavy atom. The molecular formula is C19H25ClN2O6. The largest absolute Gasteiger partial charge is 0.490 e. The van der Waals surface area contributed by atoms with Gasteiger partial charge in [-0.15, -0.1) is 0 Å². The molecule has 1 aliphatic heterocycles. The summed E-state index contributed by atoms with van der Waals surface area (Å²) in [5.41, 5.74) is 0.127. The molecule has 9 heteroatoms. The number of carbonyl (C=O) groups is 3. The lowest BCUT2D eigenvalue weighted by molar-refractivity contribution is -0.136. The van der Waals surface area contributed by atoms with Crippen molar-refractivity contribution >= 4 is 29.5 Å². The molecule has 8 nitrogen and oxygen atoms in total. The average Bonchev–Trinajstić information content (AvgIpc) is 3.09. The van der Waals surface area contributed by atoms with Crippen molar-refractivity contribution in [2.75, 3.05) is 26.3 Å². The highest BCUT2D eigenvalue weighted by molar-refractivity contribution is 6.32. The lowest BCUT2D eigenvalue weighted by atomic mass is 10.2. The number of nitrogens with zero attached hydrogens (tertiary/aromatic N) is 1. The molecule has 3 amide bonds. The molecule has 1 aromatic carbocycles. The number of unbranched alkanes of at least 4 members (excludes halogenated alkanes) is 1. The van der Waals surface area contributed by atoms with E-state index < -0.39 is 24.0 Å². The number of urea groups is 1. The van der Waals surface area contributed by atoms with Crippen LogP contribution in [0, 0.1) is 0 Å². The minimum Gasteiger partial charge on any atom is -0.490 e. The minimum atomic E-state index is -1.12. The first-order valence-electron chi connectivity index (χ1n) is 9.28. The highest BCUT2D eigenvalue weighted by atomic mass is 35.5. The van der Waals surface area contributed by atoms with Crippen LogP contribution in [0.4, 0.5) is 4.79 Å². The van der Waals surface area contributed by atoms with E-state index in [0.717, 1.165) is 17.7 Å². The van der Waals surface area contributed by atoms with Crippen molar-refractivity contribution in [1.29, 1.82) is 0 Å². The van der Waals surface area contributed by atoms with Crippen LogP contribution < -0.4 is 14.8 Å². The third kappa shape index (κ3) is 5.28. The molecular weight excluding hydrogens is 388 g/mol. The molecule has 1 N–H and O–H groups in total. The summed E-state index contributed by atoms with van der Waals surface area (Å²) in [7, 11) is 0. The number of ether oxygens (including phenoxy) is 3. The van der Waals surface area contributed by atoms with E-state index in [1.54, 1.807) is 6.92 Å². The van der Waals surface area contributed by atoms with Crippen LogP contribution in [0.1, 0.15) is 44.0 Å². The van der Waals surface area contributed by atoms with Gasteiger partial charge < -0.3 is 19.5 Å². The molecule has 1 aromatic rings. The maximum atomic E-state index is 12.5. The number of hydrogen-bond donors (Lipinski definition) is 1. The van der Waals surface area contributed by atoms with Crippen LogP contribution in [0.2, 0.25) is 5.02 Å². The lowest BCUT2D eigenvalue weighted by Gasteiger charge is -2.19. The molecule has 0 bridgehead atoms. The van der Waals surface area contributed by atoms with Gasteiger partial charge in [-0.05, 0) is 32.4 Å². The molecule has 0 saturated carbocycles. The fourth-order valence-corrected chi connectivity index (χ4v) is 2.85. The van der Waals surface area contributed by atoms with Crippen molar-refractivity contribution in [3.05, 3.63) is 22.7 Å². The molecule has 0 aliphatic carbocycles. The monoisotopic (exact) mass is 412 g/mol. The van der Waals surface area contributed by atoms with Crippen LogP contribution >= 0.6 is 11.6 Å². The first-order chi connectivity index (χ1) is 13.4. The third-order valence-electron chi connectivity index (χ3n) is 4.04. The normalized spacial score (nSPS) is 14.4. The van der Waals surface area contributed by atoms with Crippen LogP contribution in [0.15, 0.2) is 12.1 Å². The predicted octanol–water partition coefficient (Wildman–Crippen LogP) is 3.01. The van der Waals surface area contributed by atoms with Gasteiger partial charge in [0.05, 0.1) is 23.8 Å². The molecule has 28 heavy (non-hydrogen) atoms. The summed E-state index contributed by atoms with van der Waals surface area (Å²) in [6.07, 6.45) is 0.702. The molecule has 0 spiro atoms. The van der Waals surface area contributed by atoms with Gasteiger partial charge in [0.25, 0.3) is 5.91 Å². The van der Waals surface area contributed by atoms with Crippen molar-refractivity contribution in [3.8, 4) is 11.5 Å². The van der Waals surface area contributed by atoms with Gasteiger partial charge in [-0.3, -0.25) is 9.69 Å². The summed E-state index contributed by atoms with van der Waals surface area (Å²) in [4.78, 5) is 37.4. The molecule has 1 atom stereocenters. The number of benzene rings is 1. The van der Waals surface area contributed by atoms with Gasteiger partial charge in [0.1, 0.15) is 0 Å². The van der Waals surface area contributed by atoms with Crippen LogP contribution in [0.5, 0.6) is 11.5 Å². The summed E-state index contributed by atoms with van der Waals surface area (Å²) in [5.74, 6) is -0.634. The quantitative estimate of drug-likeness (QED) is 0.495. The highest BCUT2D eigenvalue weighted by Gasteiger charge is 2.32. The minimum absolute atomic E-state index is 0.127. The van der Waals surface area contributed by atoms with Crippen LogP contribution in [0.25, 0.3) is 0 Å². The zero-order chi connectivity index (χ0) is 20.7. The Balaban J connectivity index is 2.13. The maximum absolute atomic E-state index is 12.5. The number of hydrogen-bond acceptors (Lipinski definition) is 6. The van der Waals surface area contributed by atoms with E-state index in [1.807, 2.05) is 6.92 Å². The van der Waals surface area contributed by atoms with E-state index in [4.69, 9.17) is 25.8 Å². The van der Waals surface area contributed by atoms with E-state index in [9.17, 15) is 14.4 Å². The number of nitrogens with one attached hydrogen (secondary N) is 1. The Kier molecular flexibility index (Phi) is 7.92. The Labute approximate surface area is 169 Å². The number of esters is 1. The van der Waals surface area contributed by atoms with E-state index in [1.165, 1.54) is 19.1 Å². The predicted molar refractivity (Wildman–Crippen MR) is 103 cm³/mol. The number of imide groups is 1. The second-order valence-electron chi connectivity index (χ2n) is 6.19. The van der Waals surface area contributed by atoms with Crippen molar-refractivity contribution in [2.24, 2.45) is 0 Å². The fraction of sp³-hybridized carbons (Fsp3) is 0.526. The van der Waals surface area contributed by atoms with Crippen LogP contribution in [0.3, 0.4) is 0 Å². The average molecular weight is 413 g/mol. The summed E-state index contributed by atoms with van der Waals surface area (Å²) < 4.78 is 16.4. The number of halogens is 1. The summed E-state index contributed by atoms with van der Waals surface area (Å²) in [5, 5.41) is 2.74. The van der Waals surface area contributed by atoms with Gasteiger partial charge in [0.15, 0.2) is 17.6 Å². The smallest absolute Gasteiger partial charge is 0.339 e. The molecule has 1 saturated heterocycles. The van der Waals surface area contributed by atoms with Crippen LogP contribution in [-0.2, 0) is 9.53 Å². The van der Waals surface area contributed by atoms with Crippen LogP contribution in [-0.4, -0.2) is 55.2 Å². The second-order valence-corrected chi connectivity index (χ2v) is 6.60. The zero-order valence-electron chi connectivity index (χ0n) is 16.2. The zero-order valence-corrected chi connectivity index (χ0v) is 17.0. The van der Waals surface area contributed by atoms with E-state index >= 15 is 0 Å². The van der Waals surface area contributed by atoms with Crippen molar-refractivity contribution in [1.82, 2.24) is 10.2 Å². The standard InChI is InChI=1S/C19H25ClN2O6/c1-4-6-9-27-16-14(20)10-13(11-15(16)26-5-2)18(24)28-12(3)17(23)22-8-7-21-19(22)25/h10-12H,4-9H2,1-3H3,(H,21,25)/t12-/m0/s1. The summed E-state index contributed by atoms with van der Waals surface area (Å²) in [6, 6.07) is 2.38. The van der Waals surface area contributed by atoms with Crippen molar-refractivity contribution < 1.29 is 28.6 Å². The lowest BCUT2D eigenvalue weighted by Crippen LogP contribution is -2.41. The highest BCUT2D eigenvalue weighted by Crippen LogP contribution is 2.37. The SMILES string of the molecule is CCCCOc1c(Cl)cc(C(=O)O[C@@H](C)C(=O)N2CCNC2=O)cc1OCC. The molecule has 154 valence electrons. The Morgan fingerprint density at radius 1 is 1.29 bits per heavy atom. The summed E-state index contributed by atoms with van der Waals surface area (Å²) in [6.45, 7) is 6.71. The number of carbonyl (C=O) groups excluding carboxylic acids is 3. The molecule has 1 fully saturated rings. The van der Waals surface area contributed by atoms with E-state index in [2.05, 4.69) is 5.32 Å². The van der Waals surface area contributed by atoms with Crippen molar-refractivity contribution in [3.63, 3.8) is 0 Å². The van der Waals surface area contributed by atoms with Gasteiger partial charge >= 0.3 is 12.0 Å². The van der Waals surface area contributed by atoms with Gasteiger partial charge in [0.2, 0.25) is 0 Å². The van der Waals surface area contributed by atoms with Gasteiger partial charge in [-0.1, -0.05) is 24.9 Å². The molecule has 1 heterocycles. The fourth-order valence-electron chi connectivity index (χ4n) is 2.59. The van der Waals surface area contributed by atoms with Crippen molar-refractivity contribution in [2.45, 2.75) is 39.7 Å². The van der Waals surface area contributed by atoms with Gasteiger partial charge in [-0.25, -0.2) is 9.59 Å². The first-order valence-corrected chi connectivity index (χ1v) is 9.66. The maximum Gasteiger partial charge on any atom is 0.339 e. The molecule has 1 aliphatic rings. The second kappa shape index (κ2) is 10.2. The Morgan fingerprint density at radius 3 is 2.64 bits per heavy atom. The summed E-state index contributed by atoms with van der Waals surface area (Å²) >= 11 is 6.27. The number of rotatable bonds is 9.